The van der Waals surface area contributed by atoms with Crippen molar-refractivity contribution in [2.75, 3.05) is 0 Å². The molecule has 4 nitrogen and oxygen atoms in total. The molecule has 3 fully saturated rings. The minimum atomic E-state index is 0.0226. The van der Waals surface area contributed by atoms with Crippen LogP contribution in [-0.4, -0.2) is 29.1 Å². The van der Waals surface area contributed by atoms with Gasteiger partial charge in [-0.25, -0.2) is 0 Å². The number of benzene rings is 1. The summed E-state index contributed by atoms with van der Waals surface area (Å²) in [4.78, 5) is 17.8. The van der Waals surface area contributed by atoms with Crippen molar-refractivity contribution in [3.63, 3.8) is 0 Å². The molecule has 2 aromatic rings. The summed E-state index contributed by atoms with van der Waals surface area (Å²) < 4.78 is 5.98. The Morgan fingerprint density at radius 2 is 1.92 bits per heavy atom. The Bertz CT molecular complexity index is 799. The zero-order valence-corrected chi connectivity index (χ0v) is 13.7. The van der Waals surface area contributed by atoms with Crippen LogP contribution in [0, 0.1) is 0 Å². The summed E-state index contributed by atoms with van der Waals surface area (Å²) in [5.41, 5.74) is 2.76. The molecule has 1 aromatic carbocycles. The lowest BCUT2D eigenvalue weighted by molar-refractivity contribution is -0.0150. The van der Waals surface area contributed by atoms with Gasteiger partial charge in [-0.2, -0.15) is 0 Å². The molecular weight excluding hydrogens is 300 g/mol. The maximum Gasteiger partial charge on any atom is 0.252 e. The fourth-order valence-corrected chi connectivity index (χ4v) is 4.18. The lowest BCUT2D eigenvalue weighted by Crippen LogP contribution is -2.45. The van der Waals surface area contributed by atoms with E-state index in [-0.39, 0.29) is 18.1 Å². The van der Waals surface area contributed by atoms with Crippen LogP contribution >= 0.6 is 0 Å². The Hall–Kier alpha value is -1.94. The first-order chi connectivity index (χ1) is 11.8. The number of amides is 1. The van der Waals surface area contributed by atoms with Crippen molar-refractivity contribution in [1.82, 2.24) is 10.3 Å². The van der Waals surface area contributed by atoms with Gasteiger partial charge in [0.15, 0.2) is 0 Å². The van der Waals surface area contributed by atoms with Gasteiger partial charge in [-0.15, -0.1) is 0 Å². The molecule has 0 spiro atoms. The quantitative estimate of drug-likeness (QED) is 0.940. The van der Waals surface area contributed by atoms with Crippen molar-refractivity contribution in [3.8, 4) is 0 Å². The van der Waals surface area contributed by atoms with Crippen LogP contribution in [0.2, 0.25) is 0 Å². The van der Waals surface area contributed by atoms with E-state index >= 15 is 0 Å². The molecule has 2 saturated heterocycles. The molecule has 2 bridgehead atoms. The number of pyridine rings is 1. The second-order valence-corrected chi connectivity index (χ2v) is 7.42. The number of carbonyl (C=O) groups excluding carboxylic acids is 1. The zero-order valence-electron chi connectivity index (χ0n) is 13.7. The smallest absolute Gasteiger partial charge is 0.252 e. The predicted molar refractivity (Wildman–Crippen MR) is 92.1 cm³/mol. The molecule has 1 N–H and O–H groups in total. The van der Waals surface area contributed by atoms with E-state index in [1.807, 2.05) is 30.3 Å². The van der Waals surface area contributed by atoms with Crippen molar-refractivity contribution in [2.45, 2.75) is 62.7 Å². The molecule has 24 heavy (non-hydrogen) atoms. The van der Waals surface area contributed by atoms with Crippen LogP contribution in [0.4, 0.5) is 0 Å². The van der Waals surface area contributed by atoms with E-state index in [4.69, 9.17) is 9.72 Å². The highest BCUT2D eigenvalue weighted by molar-refractivity contribution is 6.06. The second kappa shape index (κ2) is 5.55. The zero-order chi connectivity index (χ0) is 16.1. The third kappa shape index (κ3) is 2.49. The van der Waals surface area contributed by atoms with E-state index in [9.17, 15) is 4.79 Å². The Morgan fingerprint density at radius 1 is 1.08 bits per heavy atom. The summed E-state index contributed by atoms with van der Waals surface area (Å²) in [6, 6.07) is 10.1. The lowest BCUT2D eigenvalue weighted by Gasteiger charge is -2.30. The van der Waals surface area contributed by atoms with E-state index in [2.05, 4.69) is 5.32 Å². The molecule has 3 aliphatic rings. The van der Waals surface area contributed by atoms with Crippen molar-refractivity contribution in [3.05, 3.63) is 41.6 Å². The fraction of sp³-hybridized carbons (Fsp3) is 0.500. The standard InChI is InChI=1S/C20H22N2O2/c23-20(22-17-9-7-13-8-10-19(17)24-13)15-11-18(12-5-6-12)21-16-4-2-1-3-14(15)16/h1-4,11-13,17,19H,5-10H2,(H,22,23). The summed E-state index contributed by atoms with van der Waals surface area (Å²) in [5.74, 6) is 0.559. The predicted octanol–water partition coefficient (Wildman–Crippen LogP) is 3.55. The first kappa shape index (κ1) is 14.4. The fourth-order valence-electron chi connectivity index (χ4n) is 4.18. The van der Waals surface area contributed by atoms with Gasteiger partial charge in [0.05, 0.1) is 29.3 Å². The average Bonchev–Trinajstić information content (AvgIpc) is 3.39. The minimum absolute atomic E-state index is 0.0226. The summed E-state index contributed by atoms with van der Waals surface area (Å²) in [6.45, 7) is 0. The van der Waals surface area contributed by atoms with E-state index in [0.29, 0.717) is 12.0 Å². The number of hydrogen-bond acceptors (Lipinski definition) is 3. The third-order valence-electron chi connectivity index (χ3n) is 5.68. The largest absolute Gasteiger partial charge is 0.373 e. The Labute approximate surface area is 141 Å². The van der Waals surface area contributed by atoms with Crippen LogP contribution in [0.25, 0.3) is 10.9 Å². The second-order valence-electron chi connectivity index (χ2n) is 7.42. The van der Waals surface area contributed by atoms with E-state index in [1.54, 1.807) is 0 Å². The summed E-state index contributed by atoms with van der Waals surface area (Å²) in [5, 5.41) is 4.19. The number of ether oxygens (including phenoxy) is 1. The first-order valence-electron chi connectivity index (χ1n) is 9.14. The number of para-hydroxylation sites is 1. The van der Waals surface area contributed by atoms with E-state index in [1.165, 1.54) is 12.8 Å². The van der Waals surface area contributed by atoms with Gasteiger partial charge in [-0.3, -0.25) is 9.78 Å². The number of fused-ring (bicyclic) bond motifs is 3. The van der Waals surface area contributed by atoms with Crippen LogP contribution in [0.1, 0.15) is 60.5 Å². The van der Waals surface area contributed by atoms with Crippen LogP contribution < -0.4 is 5.32 Å². The van der Waals surface area contributed by atoms with E-state index in [0.717, 1.165) is 47.8 Å². The SMILES string of the molecule is O=C(NC1CCC2CCC1O2)c1cc(C2CC2)nc2ccccc12. The molecule has 3 heterocycles. The van der Waals surface area contributed by atoms with Crippen molar-refractivity contribution in [2.24, 2.45) is 0 Å². The topological polar surface area (TPSA) is 51.2 Å². The monoisotopic (exact) mass is 322 g/mol. The van der Waals surface area contributed by atoms with Crippen molar-refractivity contribution < 1.29 is 9.53 Å². The van der Waals surface area contributed by atoms with Crippen molar-refractivity contribution in [1.29, 1.82) is 0 Å². The number of nitrogens with one attached hydrogen (secondary N) is 1. The molecule has 124 valence electrons. The molecule has 4 heteroatoms. The highest BCUT2D eigenvalue weighted by Crippen LogP contribution is 2.40. The molecule has 1 aromatic heterocycles. The number of carbonyl (C=O) groups is 1. The Morgan fingerprint density at radius 3 is 2.79 bits per heavy atom. The molecule has 3 unspecified atom stereocenters. The van der Waals surface area contributed by atoms with Gasteiger partial charge in [-0.05, 0) is 50.7 Å². The number of nitrogens with zero attached hydrogens (tertiary/aromatic N) is 1. The Kier molecular flexibility index (Phi) is 3.33. The summed E-state index contributed by atoms with van der Waals surface area (Å²) in [7, 11) is 0. The summed E-state index contributed by atoms with van der Waals surface area (Å²) >= 11 is 0. The van der Waals surface area contributed by atoms with Gasteiger partial charge >= 0.3 is 0 Å². The highest BCUT2D eigenvalue weighted by atomic mass is 16.5. The third-order valence-corrected chi connectivity index (χ3v) is 5.68. The van der Waals surface area contributed by atoms with Crippen LogP contribution in [0.5, 0.6) is 0 Å². The first-order valence-corrected chi connectivity index (χ1v) is 9.14. The van der Waals surface area contributed by atoms with Gasteiger partial charge < -0.3 is 10.1 Å². The molecular formula is C20H22N2O2. The Balaban J connectivity index is 1.47. The molecule has 1 saturated carbocycles. The van der Waals surface area contributed by atoms with Gasteiger partial charge in [0.1, 0.15) is 0 Å². The lowest BCUT2D eigenvalue weighted by atomic mass is 10.0. The van der Waals surface area contributed by atoms with Crippen LogP contribution in [0.3, 0.4) is 0 Å². The minimum Gasteiger partial charge on any atom is -0.373 e. The van der Waals surface area contributed by atoms with Gasteiger partial charge in [0.25, 0.3) is 5.91 Å². The molecule has 1 aliphatic carbocycles. The van der Waals surface area contributed by atoms with Gasteiger partial charge in [0, 0.05) is 17.0 Å². The molecule has 5 rings (SSSR count). The summed E-state index contributed by atoms with van der Waals surface area (Å²) in [6.07, 6.45) is 7.29. The maximum atomic E-state index is 13.0. The average molecular weight is 322 g/mol. The van der Waals surface area contributed by atoms with Gasteiger partial charge in [-0.1, -0.05) is 18.2 Å². The van der Waals surface area contributed by atoms with Crippen LogP contribution in [0.15, 0.2) is 30.3 Å². The number of rotatable bonds is 3. The molecule has 2 aliphatic heterocycles. The maximum absolute atomic E-state index is 13.0. The number of aromatic nitrogens is 1. The molecule has 0 radical (unpaired) electrons. The molecule has 1 amide bonds. The normalized spacial score (nSPS) is 28.9. The van der Waals surface area contributed by atoms with Crippen molar-refractivity contribution >= 4 is 16.8 Å². The highest BCUT2D eigenvalue weighted by Gasteiger charge is 2.37. The number of hydrogen-bond donors (Lipinski definition) is 1. The molecule has 3 atom stereocenters. The van der Waals surface area contributed by atoms with Gasteiger partial charge in [0.2, 0.25) is 0 Å². The van der Waals surface area contributed by atoms with Crippen LogP contribution in [-0.2, 0) is 4.74 Å². The van der Waals surface area contributed by atoms with E-state index < -0.39 is 0 Å².